The van der Waals surface area contributed by atoms with E-state index in [1.54, 1.807) is 0 Å². The third-order valence-corrected chi connectivity index (χ3v) is 0. The van der Waals surface area contributed by atoms with Crippen LogP contribution in [0.25, 0.3) is 0 Å². The summed E-state index contributed by atoms with van der Waals surface area (Å²) in [5.41, 5.74) is 0. The van der Waals surface area contributed by atoms with E-state index in [4.69, 9.17) is 22.8 Å². The normalized spacial score (nSPS) is 6.67. The molecule has 9 heavy (non-hydrogen) atoms. The van der Waals surface area contributed by atoms with Crippen LogP contribution in [0.1, 0.15) is 0 Å². The number of hydrogen-bond acceptors (Lipinski definition) is 5. The standard InChI is InChI=1S/CHN.2Na.H2O4S/c1-2;;;1-5(2,3)4/h1H;;;(H2,1,2,3,4)/q;2*+1;/p-2. The second kappa shape index (κ2) is 12.1. The van der Waals surface area contributed by atoms with Crippen LogP contribution < -0.4 is 59.1 Å². The molecule has 0 aromatic carbocycles. The Bertz CT molecular complexity index is 130. The van der Waals surface area contributed by atoms with E-state index in [1.807, 2.05) is 0 Å². The molecule has 0 N–H and O–H groups in total. The van der Waals surface area contributed by atoms with Crippen LogP contribution in [-0.2, 0) is 10.4 Å². The summed E-state index contributed by atoms with van der Waals surface area (Å²) in [6, 6.07) is 0. The van der Waals surface area contributed by atoms with E-state index in [-0.39, 0.29) is 59.1 Å². The summed E-state index contributed by atoms with van der Waals surface area (Å²) in [5, 5.41) is 6.50. The minimum atomic E-state index is -5.17. The number of nitriles is 1. The van der Waals surface area contributed by atoms with Gasteiger partial charge in [0, 0.05) is 17.0 Å². The van der Waals surface area contributed by atoms with Crippen molar-refractivity contribution in [1.82, 2.24) is 0 Å². The quantitative estimate of drug-likeness (QED) is 0.203. The van der Waals surface area contributed by atoms with Crippen molar-refractivity contribution >= 4 is 10.4 Å². The molecule has 0 unspecified atom stereocenters. The van der Waals surface area contributed by atoms with E-state index in [9.17, 15) is 0 Å². The first kappa shape index (κ1) is 22.4. The van der Waals surface area contributed by atoms with Crippen LogP contribution in [0.5, 0.6) is 0 Å². The average Bonchev–Trinajstić information content (AvgIpc) is 1.36. The number of rotatable bonds is 0. The summed E-state index contributed by atoms with van der Waals surface area (Å²) >= 11 is 0. The van der Waals surface area contributed by atoms with E-state index in [0.717, 1.165) is 0 Å². The maximum absolute atomic E-state index is 8.52. The van der Waals surface area contributed by atoms with Crippen LogP contribution in [-0.4, -0.2) is 17.5 Å². The fourth-order valence-electron chi connectivity index (χ4n) is 0. The zero-order valence-corrected chi connectivity index (χ0v) is 9.88. The van der Waals surface area contributed by atoms with E-state index < -0.39 is 10.4 Å². The van der Waals surface area contributed by atoms with Gasteiger partial charge in [-0.25, -0.2) is 5.26 Å². The van der Waals surface area contributed by atoms with Gasteiger partial charge < -0.3 is 9.11 Å². The summed E-state index contributed by atoms with van der Waals surface area (Å²) < 4.78 is 34.1. The molecular formula is CHNNa2O4S. The first-order valence-corrected chi connectivity index (χ1v) is 2.26. The molecule has 0 aromatic rings. The summed E-state index contributed by atoms with van der Waals surface area (Å²) in [5.74, 6) is 0. The minimum Gasteiger partial charge on any atom is -0.759 e. The monoisotopic (exact) mass is 169 g/mol. The Hall–Kier alpha value is 1.36. The van der Waals surface area contributed by atoms with E-state index >= 15 is 0 Å². The summed E-state index contributed by atoms with van der Waals surface area (Å²) in [6.45, 7) is 3.50. The van der Waals surface area contributed by atoms with Crippen molar-refractivity contribution in [3.63, 3.8) is 0 Å². The maximum atomic E-state index is 8.52. The fraction of sp³-hybridized carbons (Fsp3) is 0. The molecule has 0 aromatic heterocycles. The van der Waals surface area contributed by atoms with E-state index in [1.165, 1.54) is 0 Å². The molecule has 0 spiro atoms. The van der Waals surface area contributed by atoms with Crippen molar-refractivity contribution in [2.75, 3.05) is 0 Å². The molecule has 0 heterocycles. The Labute approximate surface area is 97.6 Å². The Balaban J connectivity index is -0.0000000286. The first-order valence-electron chi connectivity index (χ1n) is 0.925. The van der Waals surface area contributed by atoms with Crippen molar-refractivity contribution in [1.29, 1.82) is 5.26 Å². The predicted molar refractivity (Wildman–Crippen MR) is 17.1 cm³/mol. The third-order valence-electron chi connectivity index (χ3n) is 0. The van der Waals surface area contributed by atoms with E-state index in [0.29, 0.717) is 0 Å². The molecule has 0 aliphatic heterocycles. The Kier molecular flexibility index (Phi) is 30.1. The van der Waals surface area contributed by atoms with Gasteiger partial charge in [0.1, 0.15) is 0 Å². The molecule has 5 nitrogen and oxygen atoms in total. The zero-order chi connectivity index (χ0) is 6.50. The molecule has 0 radical (unpaired) electrons. The number of nitrogens with zero attached hydrogens (tertiary/aromatic N) is 1. The van der Waals surface area contributed by atoms with Gasteiger partial charge in [-0.15, -0.1) is 0 Å². The fourth-order valence-corrected chi connectivity index (χ4v) is 0. The third kappa shape index (κ3) is 274. The topological polar surface area (TPSA) is 104 Å². The zero-order valence-electron chi connectivity index (χ0n) is 5.07. The van der Waals surface area contributed by atoms with Crippen LogP contribution in [0.15, 0.2) is 0 Å². The number of hydrogen-bond donors (Lipinski definition) is 0. The van der Waals surface area contributed by atoms with Gasteiger partial charge in [0.15, 0.2) is 0 Å². The maximum Gasteiger partial charge on any atom is 1.00 e. The molecule has 0 saturated heterocycles. The van der Waals surface area contributed by atoms with Crippen LogP contribution in [0, 0.1) is 11.8 Å². The van der Waals surface area contributed by atoms with Crippen LogP contribution in [0.3, 0.4) is 0 Å². The Morgan fingerprint density at radius 3 is 1.11 bits per heavy atom. The van der Waals surface area contributed by atoms with Gasteiger partial charge in [-0.3, -0.25) is 8.42 Å². The Morgan fingerprint density at radius 1 is 1.11 bits per heavy atom. The van der Waals surface area contributed by atoms with Crippen LogP contribution in [0.2, 0.25) is 0 Å². The molecule has 0 amide bonds. The smallest absolute Gasteiger partial charge is 0.759 e. The van der Waals surface area contributed by atoms with Crippen LogP contribution >= 0.6 is 0 Å². The minimum absolute atomic E-state index is 0. The van der Waals surface area contributed by atoms with Crippen molar-refractivity contribution in [2.24, 2.45) is 0 Å². The molecule has 0 atom stereocenters. The second-order valence-corrected chi connectivity index (χ2v) is 1.22. The molecule has 0 saturated carbocycles. The second-order valence-electron chi connectivity index (χ2n) is 0.408. The SMILES string of the molecule is C#N.O=S(=O)([O-])[O-].[Na+].[Na+]. The van der Waals surface area contributed by atoms with Gasteiger partial charge >= 0.3 is 59.1 Å². The van der Waals surface area contributed by atoms with E-state index in [2.05, 4.69) is 6.57 Å². The van der Waals surface area contributed by atoms with Gasteiger partial charge in [-0.1, -0.05) is 0 Å². The summed E-state index contributed by atoms with van der Waals surface area (Å²) in [6.07, 6.45) is 0. The molecular weight excluding hydrogens is 168 g/mol. The molecule has 0 fully saturated rings. The van der Waals surface area contributed by atoms with Crippen molar-refractivity contribution < 1.29 is 76.6 Å². The molecule has 42 valence electrons. The molecule has 0 aliphatic rings. The van der Waals surface area contributed by atoms with Gasteiger partial charge in [-0.2, -0.15) is 0 Å². The van der Waals surface area contributed by atoms with Gasteiger partial charge in [0.05, 0.1) is 0 Å². The van der Waals surface area contributed by atoms with Crippen molar-refractivity contribution in [3.05, 3.63) is 0 Å². The van der Waals surface area contributed by atoms with Crippen LogP contribution in [0.4, 0.5) is 0 Å². The van der Waals surface area contributed by atoms with Gasteiger partial charge in [-0.05, 0) is 0 Å². The predicted octanol–water partition coefficient (Wildman–Crippen LogP) is -7.19. The first-order chi connectivity index (χ1) is 3.00. The largest absolute Gasteiger partial charge is 1.00 e. The Morgan fingerprint density at radius 2 is 1.11 bits per heavy atom. The molecule has 0 rings (SSSR count). The summed E-state index contributed by atoms with van der Waals surface area (Å²) in [4.78, 5) is 0. The molecule has 8 heteroatoms. The summed E-state index contributed by atoms with van der Waals surface area (Å²) in [7, 11) is -5.17. The van der Waals surface area contributed by atoms with Crippen molar-refractivity contribution in [2.45, 2.75) is 0 Å². The average molecular weight is 169 g/mol. The molecule has 0 bridgehead atoms. The van der Waals surface area contributed by atoms with Crippen molar-refractivity contribution in [3.8, 4) is 6.57 Å². The van der Waals surface area contributed by atoms with Gasteiger partial charge in [0.2, 0.25) is 0 Å². The molecule has 0 aliphatic carbocycles. The van der Waals surface area contributed by atoms with Gasteiger partial charge in [0.25, 0.3) is 0 Å².